The van der Waals surface area contributed by atoms with Crippen molar-refractivity contribution < 1.29 is 4.79 Å². The van der Waals surface area contributed by atoms with Crippen LogP contribution in [0.25, 0.3) is 0 Å². The molecule has 1 amide bonds. The van der Waals surface area contributed by atoms with Gasteiger partial charge in [0.15, 0.2) is 0 Å². The molecule has 1 fully saturated rings. The Bertz CT molecular complexity index is 652. The van der Waals surface area contributed by atoms with Gasteiger partial charge in [0.2, 0.25) is 0 Å². The van der Waals surface area contributed by atoms with Crippen molar-refractivity contribution in [3.8, 4) is 0 Å². The molecule has 3 heterocycles. The molecular weight excluding hydrogens is 280 g/mol. The molecule has 0 aromatic carbocycles. The number of aryl methyl sites for hydroxylation is 1. The van der Waals surface area contributed by atoms with E-state index in [9.17, 15) is 4.79 Å². The van der Waals surface area contributed by atoms with Gasteiger partial charge >= 0.3 is 0 Å². The van der Waals surface area contributed by atoms with Crippen LogP contribution in [0.3, 0.4) is 0 Å². The molecule has 7 heteroatoms. The molecule has 0 spiro atoms. The third-order valence-corrected chi connectivity index (χ3v) is 4.50. The molecule has 1 aliphatic heterocycles. The minimum Gasteiger partial charge on any atom is -0.351 e. The molecule has 7 nitrogen and oxygen atoms in total. The van der Waals surface area contributed by atoms with Crippen molar-refractivity contribution in [3.63, 3.8) is 0 Å². The summed E-state index contributed by atoms with van der Waals surface area (Å²) < 4.78 is 2.06. The number of rotatable bonds is 3. The first kappa shape index (κ1) is 14.8. The van der Waals surface area contributed by atoms with Gasteiger partial charge < -0.3 is 9.47 Å². The van der Waals surface area contributed by atoms with Gasteiger partial charge in [-0.05, 0) is 19.9 Å². The van der Waals surface area contributed by atoms with Gasteiger partial charge in [-0.3, -0.25) is 14.8 Å². The number of nitrogens with one attached hydrogen (secondary N) is 1. The Labute approximate surface area is 129 Å². The van der Waals surface area contributed by atoms with Crippen molar-refractivity contribution in [3.05, 3.63) is 35.2 Å². The maximum atomic E-state index is 12.7. The lowest BCUT2D eigenvalue weighted by atomic mass is 10.2. The SMILES string of the molecule is Cc1cc(C(=O)N2CCN(Cc3ncn[nH]3)CC2)c(C)n1C. The van der Waals surface area contributed by atoms with Crippen LogP contribution >= 0.6 is 0 Å². The van der Waals surface area contributed by atoms with Crippen LogP contribution in [0.4, 0.5) is 0 Å². The number of aromatic amines is 1. The fourth-order valence-electron chi connectivity index (χ4n) is 2.87. The third-order valence-electron chi connectivity index (χ3n) is 4.50. The Hall–Kier alpha value is -2.15. The highest BCUT2D eigenvalue weighted by molar-refractivity contribution is 5.95. The van der Waals surface area contributed by atoms with Gasteiger partial charge in [0.1, 0.15) is 12.2 Å². The van der Waals surface area contributed by atoms with Crippen molar-refractivity contribution in [2.75, 3.05) is 26.2 Å². The minimum atomic E-state index is 0.139. The van der Waals surface area contributed by atoms with E-state index in [2.05, 4.69) is 24.6 Å². The highest BCUT2D eigenvalue weighted by atomic mass is 16.2. The summed E-state index contributed by atoms with van der Waals surface area (Å²) in [5.41, 5.74) is 2.97. The van der Waals surface area contributed by atoms with Gasteiger partial charge in [0, 0.05) is 44.6 Å². The number of hydrogen-bond donors (Lipinski definition) is 1. The van der Waals surface area contributed by atoms with Gasteiger partial charge in [0.25, 0.3) is 5.91 Å². The monoisotopic (exact) mass is 302 g/mol. The molecule has 118 valence electrons. The number of carbonyl (C=O) groups is 1. The molecule has 0 atom stereocenters. The summed E-state index contributed by atoms with van der Waals surface area (Å²) in [4.78, 5) is 21.0. The quantitative estimate of drug-likeness (QED) is 0.907. The normalized spacial score (nSPS) is 16.2. The van der Waals surface area contributed by atoms with Gasteiger partial charge in [-0.1, -0.05) is 0 Å². The van der Waals surface area contributed by atoms with Crippen molar-refractivity contribution in [2.45, 2.75) is 20.4 Å². The van der Waals surface area contributed by atoms with E-state index in [4.69, 9.17) is 0 Å². The zero-order valence-electron chi connectivity index (χ0n) is 13.3. The van der Waals surface area contributed by atoms with Crippen LogP contribution in [0, 0.1) is 13.8 Å². The standard InChI is InChI=1S/C15H22N6O/c1-11-8-13(12(2)19(11)3)15(22)21-6-4-20(5-7-21)9-14-16-10-17-18-14/h8,10H,4-7,9H2,1-3H3,(H,16,17,18). The van der Waals surface area contributed by atoms with Crippen LogP contribution in [0.5, 0.6) is 0 Å². The smallest absolute Gasteiger partial charge is 0.255 e. The maximum absolute atomic E-state index is 12.7. The molecule has 0 bridgehead atoms. The van der Waals surface area contributed by atoms with Crippen LogP contribution in [-0.2, 0) is 13.6 Å². The average Bonchev–Trinajstić information content (AvgIpc) is 3.12. The first-order valence-corrected chi connectivity index (χ1v) is 7.55. The molecule has 1 N–H and O–H groups in total. The summed E-state index contributed by atoms with van der Waals surface area (Å²) in [6, 6.07) is 1.98. The van der Waals surface area contributed by atoms with E-state index in [1.807, 2.05) is 31.9 Å². The van der Waals surface area contributed by atoms with Gasteiger partial charge in [-0.25, -0.2) is 4.98 Å². The Kier molecular flexibility index (Phi) is 3.98. The lowest BCUT2D eigenvalue weighted by Crippen LogP contribution is -2.48. The van der Waals surface area contributed by atoms with Crippen molar-refractivity contribution in [1.82, 2.24) is 29.5 Å². The number of nitrogens with zero attached hydrogens (tertiary/aromatic N) is 5. The molecule has 0 aliphatic carbocycles. The minimum absolute atomic E-state index is 0.139. The van der Waals surface area contributed by atoms with Gasteiger partial charge in [-0.2, -0.15) is 5.10 Å². The molecule has 1 aliphatic rings. The van der Waals surface area contributed by atoms with E-state index in [1.165, 1.54) is 6.33 Å². The second-order valence-corrected chi connectivity index (χ2v) is 5.84. The van der Waals surface area contributed by atoms with Crippen LogP contribution in [0.2, 0.25) is 0 Å². The van der Waals surface area contributed by atoms with E-state index in [0.717, 1.165) is 55.5 Å². The number of amides is 1. The van der Waals surface area contributed by atoms with Crippen LogP contribution in [0.15, 0.2) is 12.4 Å². The summed E-state index contributed by atoms with van der Waals surface area (Å²) in [7, 11) is 2.00. The predicted octanol–water partition coefficient (Wildman–Crippen LogP) is 0.718. The zero-order chi connectivity index (χ0) is 15.7. The Balaban J connectivity index is 1.61. The topological polar surface area (TPSA) is 70.1 Å². The molecule has 3 rings (SSSR count). The summed E-state index contributed by atoms with van der Waals surface area (Å²) in [6.07, 6.45) is 1.52. The summed E-state index contributed by atoms with van der Waals surface area (Å²) in [5.74, 6) is 1.01. The van der Waals surface area contributed by atoms with Crippen molar-refractivity contribution in [1.29, 1.82) is 0 Å². The molecule has 22 heavy (non-hydrogen) atoms. The Morgan fingerprint density at radius 3 is 2.55 bits per heavy atom. The number of H-pyrrole nitrogens is 1. The van der Waals surface area contributed by atoms with Crippen LogP contribution in [0.1, 0.15) is 27.6 Å². The summed E-state index contributed by atoms with van der Waals surface area (Å²) in [6.45, 7) is 8.00. The first-order valence-electron chi connectivity index (χ1n) is 7.55. The molecule has 1 saturated heterocycles. The number of piperazine rings is 1. The van der Waals surface area contributed by atoms with Gasteiger partial charge in [0.05, 0.1) is 12.1 Å². The molecule has 2 aromatic heterocycles. The highest BCUT2D eigenvalue weighted by Gasteiger charge is 2.24. The molecule has 2 aromatic rings. The fourth-order valence-corrected chi connectivity index (χ4v) is 2.87. The van der Waals surface area contributed by atoms with E-state index >= 15 is 0 Å². The molecule has 0 saturated carbocycles. The van der Waals surface area contributed by atoms with Crippen molar-refractivity contribution >= 4 is 5.91 Å². The Morgan fingerprint density at radius 1 is 1.27 bits per heavy atom. The summed E-state index contributed by atoms with van der Waals surface area (Å²) >= 11 is 0. The molecular formula is C15H22N6O. The van der Waals surface area contributed by atoms with Crippen LogP contribution in [-0.4, -0.2) is 61.6 Å². The van der Waals surface area contributed by atoms with E-state index in [1.54, 1.807) is 0 Å². The first-order chi connectivity index (χ1) is 10.6. The lowest BCUT2D eigenvalue weighted by Gasteiger charge is -2.34. The van der Waals surface area contributed by atoms with Gasteiger partial charge in [-0.15, -0.1) is 0 Å². The number of hydrogen-bond acceptors (Lipinski definition) is 4. The Morgan fingerprint density at radius 2 is 2.00 bits per heavy atom. The predicted molar refractivity (Wildman–Crippen MR) is 82.5 cm³/mol. The third kappa shape index (κ3) is 2.76. The highest BCUT2D eigenvalue weighted by Crippen LogP contribution is 2.17. The van der Waals surface area contributed by atoms with E-state index < -0.39 is 0 Å². The number of carbonyl (C=O) groups excluding carboxylic acids is 1. The second-order valence-electron chi connectivity index (χ2n) is 5.84. The largest absolute Gasteiger partial charge is 0.351 e. The summed E-state index contributed by atoms with van der Waals surface area (Å²) in [5, 5.41) is 6.74. The second kappa shape index (κ2) is 5.92. The molecule has 0 unspecified atom stereocenters. The fraction of sp³-hybridized carbons (Fsp3) is 0.533. The van der Waals surface area contributed by atoms with E-state index in [0.29, 0.717) is 0 Å². The maximum Gasteiger partial charge on any atom is 0.255 e. The average molecular weight is 302 g/mol. The lowest BCUT2D eigenvalue weighted by molar-refractivity contribution is 0.0624. The van der Waals surface area contributed by atoms with Crippen molar-refractivity contribution in [2.24, 2.45) is 7.05 Å². The zero-order valence-corrected chi connectivity index (χ0v) is 13.3. The van der Waals surface area contributed by atoms with E-state index in [-0.39, 0.29) is 5.91 Å². The molecule has 0 radical (unpaired) electrons. The number of aromatic nitrogens is 4. The van der Waals surface area contributed by atoms with Crippen LogP contribution < -0.4 is 0 Å².